The first-order valence-corrected chi connectivity index (χ1v) is 2.87. The SMILES string of the molecule is NCc1cc(O)cnc1N. The van der Waals surface area contributed by atoms with Crippen LogP contribution in [0.25, 0.3) is 0 Å². The molecule has 0 aliphatic heterocycles. The number of nitrogens with two attached hydrogens (primary N) is 2. The summed E-state index contributed by atoms with van der Waals surface area (Å²) in [6, 6.07) is 1.50. The van der Waals surface area contributed by atoms with E-state index in [0.717, 1.165) is 0 Å². The fourth-order valence-electron chi connectivity index (χ4n) is 0.672. The summed E-state index contributed by atoms with van der Waals surface area (Å²) in [5, 5.41) is 8.90. The van der Waals surface area contributed by atoms with Crippen molar-refractivity contribution >= 4 is 5.82 Å². The van der Waals surface area contributed by atoms with Crippen molar-refractivity contribution in [2.45, 2.75) is 6.54 Å². The van der Waals surface area contributed by atoms with Crippen molar-refractivity contribution in [2.75, 3.05) is 5.73 Å². The van der Waals surface area contributed by atoms with Gasteiger partial charge < -0.3 is 16.6 Å². The number of nitrogen functional groups attached to an aromatic ring is 1. The zero-order chi connectivity index (χ0) is 7.56. The van der Waals surface area contributed by atoms with Crippen LogP contribution in [0.2, 0.25) is 0 Å². The summed E-state index contributed by atoms with van der Waals surface area (Å²) in [5.41, 5.74) is 11.4. The van der Waals surface area contributed by atoms with Gasteiger partial charge in [-0.1, -0.05) is 0 Å². The monoisotopic (exact) mass is 139 g/mol. The third-order valence-corrected chi connectivity index (χ3v) is 1.21. The number of hydrogen-bond donors (Lipinski definition) is 3. The van der Waals surface area contributed by atoms with Crippen LogP contribution >= 0.6 is 0 Å². The van der Waals surface area contributed by atoms with Gasteiger partial charge in [0.25, 0.3) is 0 Å². The summed E-state index contributed by atoms with van der Waals surface area (Å²) >= 11 is 0. The minimum Gasteiger partial charge on any atom is -0.506 e. The molecular weight excluding hydrogens is 130 g/mol. The topological polar surface area (TPSA) is 85.2 Å². The van der Waals surface area contributed by atoms with Gasteiger partial charge in [0.05, 0.1) is 6.20 Å². The number of pyridine rings is 1. The lowest BCUT2D eigenvalue weighted by molar-refractivity contribution is 0.472. The molecule has 0 fully saturated rings. The van der Waals surface area contributed by atoms with Crippen LogP contribution in [-0.4, -0.2) is 10.1 Å². The van der Waals surface area contributed by atoms with E-state index in [0.29, 0.717) is 17.9 Å². The Labute approximate surface area is 58.5 Å². The molecule has 4 nitrogen and oxygen atoms in total. The minimum absolute atomic E-state index is 0.0923. The molecule has 0 atom stereocenters. The van der Waals surface area contributed by atoms with Gasteiger partial charge in [-0.25, -0.2) is 4.98 Å². The standard InChI is InChI=1S/C6H9N3O/c7-2-4-1-5(10)3-9-6(4)8/h1,3,10H,2,7H2,(H2,8,9). The fraction of sp³-hybridized carbons (Fsp3) is 0.167. The maximum atomic E-state index is 8.90. The van der Waals surface area contributed by atoms with Gasteiger partial charge in [0.2, 0.25) is 0 Å². The molecule has 0 unspecified atom stereocenters. The molecule has 5 N–H and O–H groups in total. The van der Waals surface area contributed by atoms with Gasteiger partial charge in [-0.15, -0.1) is 0 Å². The van der Waals surface area contributed by atoms with Crippen LogP contribution in [0.1, 0.15) is 5.56 Å². The number of anilines is 1. The van der Waals surface area contributed by atoms with Gasteiger partial charge in [0, 0.05) is 12.1 Å². The van der Waals surface area contributed by atoms with E-state index in [9.17, 15) is 0 Å². The second-order valence-electron chi connectivity index (χ2n) is 1.94. The van der Waals surface area contributed by atoms with Crippen LogP contribution in [-0.2, 0) is 6.54 Å². The maximum Gasteiger partial charge on any atom is 0.134 e. The Bertz CT molecular complexity index is 236. The Morgan fingerprint density at radius 1 is 1.60 bits per heavy atom. The maximum absolute atomic E-state index is 8.90. The molecule has 1 aromatic rings. The average Bonchev–Trinajstić information content (AvgIpc) is 1.94. The molecule has 0 saturated carbocycles. The lowest BCUT2D eigenvalue weighted by Crippen LogP contribution is -2.02. The molecule has 0 aliphatic carbocycles. The fourth-order valence-corrected chi connectivity index (χ4v) is 0.672. The van der Waals surface area contributed by atoms with Crippen molar-refractivity contribution in [3.63, 3.8) is 0 Å². The highest BCUT2D eigenvalue weighted by Gasteiger charge is 1.97. The van der Waals surface area contributed by atoms with E-state index >= 15 is 0 Å². The summed E-state index contributed by atoms with van der Waals surface area (Å²) in [5.74, 6) is 0.468. The number of hydrogen-bond acceptors (Lipinski definition) is 4. The lowest BCUT2D eigenvalue weighted by atomic mass is 10.2. The highest BCUT2D eigenvalue weighted by molar-refractivity contribution is 5.42. The minimum atomic E-state index is 0.0923. The number of aromatic nitrogens is 1. The molecule has 0 amide bonds. The molecular formula is C6H9N3O. The highest BCUT2D eigenvalue weighted by Crippen LogP contribution is 2.13. The summed E-state index contributed by atoms with van der Waals surface area (Å²) in [6.45, 7) is 0.299. The molecule has 1 rings (SSSR count). The van der Waals surface area contributed by atoms with Gasteiger partial charge in [0.1, 0.15) is 11.6 Å². The van der Waals surface area contributed by atoms with Crippen molar-refractivity contribution in [3.05, 3.63) is 17.8 Å². The molecule has 4 heteroatoms. The van der Waals surface area contributed by atoms with E-state index < -0.39 is 0 Å². The van der Waals surface area contributed by atoms with Gasteiger partial charge in [-0.05, 0) is 6.07 Å². The van der Waals surface area contributed by atoms with Gasteiger partial charge in [-0.2, -0.15) is 0 Å². The third kappa shape index (κ3) is 1.16. The zero-order valence-corrected chi connectivity index (χ0v) is 5.41. The Morgan fingerprint density at radius 2 is 2.30 bits per heavy atom. The van der Waals surface area contributed by atoms with Crippen molar-refractivity contribution in [1.29, 1.82) is 0 Å². The molecule has 54 valence electrons. The molecule has 0 radical (unpaired) electrons. The molecule has 1 aromatic heterocycles. The first-order valence-electron chi connectivity index (χ1n) is 2.87. The molecule has 0 aromatic carbocycles. The second-order valence-corrected chi connectivity index (χ2v) is 1.94. The number of nitrogens with zero attached hydrogens (tertiary/aromatic N) is 1. The summed E-state index contributed by atoms with van der Waals surface area (Å²) < 4.78 is 0. The number of aromatic hydroxyl groups is 1. The molecule has 1 heterocycles. The van der Waals surface area contributed by atoms with E-state index in [1.54, 1.807) is 0 Å². The third-order valence-electron chi connectivity index (χ3n) is 1.21. The Kier molecular flexibility index (Phi) is 1.73. The van der Waals surface area contributed by atoms with Gasteiger partial charge in [-0.3, -0.25) is 0 Å². The van der Waals surface area contributed by atoms with E-state index in [-0.39, 0.29) is 5.75 Å². The number of rotatable bonds is 1. The first kappa shape index (κ1) is 6.82. The molecule has 0 bridgehead atoms. The van der Waals surface area contributed by atoms with E-state index in [2.05, 4.69) is 4.98 Å². The molecule has 0 aliphatic rings. The van der Waals surface area contributed by atoms with Crippen LogP contribution < -0.4 is 11.5 Å². The molecule has 0 spiro atoms. The summed E-state index contributed by atoms with van der Waals surface area (Å²) in [7, 11) is 0. The van der Waals surface area contributed by atoms with Crippen LogP contribution in [0.4, 0.5) is 5.82 Å². The van der Waals surface area contributed by atoms with E-state index in [4.69, 9.17) is 16.6 Å². The second kappa shape index (κ2) is 2.53. The predicted molar refractivity (Wildman–Crippen MR) is 38.2 cm³/mol. The van der Waals surface area contributed by atoms with Crippen molar-refractivity contribution in [3.8, 4) is 5.75 Å². The summed E-state index contributed by atoms with van der Waals surface area (Å²) in [6.07, 6.45) is 1.29. The van der Waals surface area contributed by atoms with Crippen molar-refractivity contribution in [2.24, 2.45) is 5.73 Å². The van der Waals surface area contributed by atoms with Crippen LogP contribution in [0.15, 0.2) is 12.3 Å². The van der Waals surface area contributed by atoms with Crippen molar-refractivity contribution in [1.82, 2.24) is 4.98 Å². The largest absolute Gasteiger partial charge is 0.506 e. The van der Waals surface area contributed by atoms with Crippen molar-refractivity contribution < 1.29 is 5.11 Å². The Balaban J connectivity index is 3.09. The Hall–Kier alpha value is -1.29. The average molecular weight is 139 g/mol. The Morgan fingerprint density at radius 3 is 2.80 bits per heavy atom. The van der Waals surface area contributed by atoms with Crippen LogP contribution in [0, 0.1) is 0 Å². The summed E-state index contributed by atoms with van der Waals surface area (Å²) in [4.78, 5) is 3.70. The normalized spacial score (nSPS) is 9.70. The smallest absolute Gasteiger partial charge is 0.134 e. The van der Waals surface area contributed by atoms with Crippen LogP contribution in [0.3, 0.4) is 0 Å². The van der Waals surface area contributed by atoms with E-state index in [1.807, 2.05) is 0 Å². The predicted octanol–water partition coefficient (Wildman–Crippen LogP) is -0.172. The molecule has 10 heavy (non-hydrogen) atoms. The van der Waals surface area contributed by atoms with Gasteiger partial charge in [0.15, 0.2) is 0 Å². The molecule has 0 saturated heterocycles. The quantitative estimate of drug-likeness (QED) is 0.504. The lowest BCUT2D eigenvalue weighted by Gasteiger charge is -2.00. The highest BCUT2D eigenvalue weighted by atomic mass is 16.3. The first-order chi connectivity index (χ1) is 4.74. The van der Waals surface area contributed by atoms with E-state index in [1.165, 1.54) is 12.3 Å². The zero-order valence-electron chi connectivity index (χ0n) is 5.41. The van der Waals surface area contributed by atoms with Gasteiger partial charge >= 0.3 is 0 Å². The van der Waals surface area contributed by atoms with Crippen LogP contribution in [0.5, 0.6) is 5.75 Å².